The van der Waals surface area contributed by atoms with E-state index in [-0.39, 0.29) is 16.6 Å². The molecule has 124 valence electrons. The van der Waals surface area contributed by atoms with E-state index >= 15 is 0 Å². The molecule has 24 heavy (non-hydrogen) atoms. The van der Waals surface area contributed by atoms with Gasteiger partial charge in [-0.1, -0.05) is 6.07 Å². The number of carboxylic acid groups (broad SMARTS) is 1. The van der Waals surface area contributed by atoms with Gasteiger partial charge in [-0.05, 0) is 61.6 Å². The molecule has 0 unspecified atom stereocenters. The van der Waals surface area contributed by atoms with E-state index in [1.54, 1.807) is 36.4 Å². The molecule has 0 saturated heterocycles. The molecule has 0 fully saturated rings. The van der Waals surface area contributed by atoms with Gasteiger partial charge in [-0.3, -0.25) is 10.1 Å². The molecule has 3 N–H and O–H groups in total. The van der Waals surface area contributed by atoms with Crippen LogP contribution in [0.3, 0.4) is 0 Å². The second-order valence-electron chi connectivity index (χ2n) is 4.75. The lowest BCUT2D eigenvalue weighted by Crippen LogP contribution is -2.34. The highest BCUT2D eigenvalue weighted by molar-refractivity contribution is 7.80. The number of carbonyl (C=O) groups excluding carboxylic acids is 1. The quantitative estimate of drug-likeness (QED) is 0.723. The predicted octanol–water partition coefficient (Wildman–Crippen LogP) is 2.91. The highest BCUT2D eigenvalue weighted by Gasteiger charge is 2.09. The van der Waals surface area contributed by atoms with Gasteiger partial charge < -0.3 is 15.2 Å². The highest BCUT2D eigenvalue weighted by atomic mass is 32.1. The number of amides is 1. The normalized spacial score (nSPS) is 9.88. The van der Waals surface area contributed by atoms with Crippen LogP contribution >= 0.6 is 12.2 Å². The molecule has 0 bridgehead atoms. The van der Waals surface area contributed by atoms with Crippen LogP contribution in [0.15, 0.2) is 48.5 Å². The Morgan fingerprint density at radius 2 is 1.83 bits per heavy atom. The van der Waals surface area contributed by atoms with Crippen molar-refractivity contribution in [3.8, 4) is 5.75 Å². The van der Waals surface area contributed by atoms with Crippen molar-refractivity contribution in [2.45, 2.75) is 6.92 Å². The summed E-state index contributed by atoms with van der Waals surface area (Å²) in [6.07, 6.45) is 0. The zero-order valence-corrected chi connectivity index (χ0v) is 13.7. The Labute approximate surface area is 144 Å². The van der Waals surface area contributed by atoms with Crippen LogP contribution in [0.5, 0.6) is 5.75 Å². The van der Waals surface area contributed by atoms with Gasteiger partial charge >= 0.3 is 5.97 Å². The maximum Gasteiger partial charge on any atom is 0.335 e. The van der Waals surface area contributed by atoms with Crippen LogP contribution in [0.1, 0.15) is 27.6 Å². The van der Waals surface area contributed by atoms with Crippen molar-refractivity contribution in [1.29, 1.82) is 0 Å². The fraction of sp³-hybridized carbons (Fsp3) is 0.118. The average Bonchev–Trinajstić information content (AvgIpc) is 2.55. The molecule has 0 aliphatic carbocycles. The number of benzene rings is 2. The number of aromatic carboxylic acids is 1. The third-order valence-corrected chi connectivity index (χ3v) is 3.23. The zero-order valence-electron chi connectivity index (χ0n) is 12.9. The minimum Gasteiger partial charge on any atom is -0.494 e. The maximum atomic E-state index is 12.1. The number of carboxylic acids is 1. The van der Waals surface area contributed by atoms with E-state index in [2.05, 4.69) is 10.6 Å². The van der Waals surface area contributed by atoms with E-state index < -0.39 is 5.97 Å². The van der Waals surface area contributed by atoms with Gasteiger partial charge in [-0.15, -0.1) is 0 Å². The van der Waals surface area contributed by atoms with Crippen molar-refractivity contribution in [3.63, 3.8) is 0 Å². The molecule has 1 amide bonds. The van der Waals surface area contributed by atoms with E-state index in [4.69, 9.17) is 22.1 Å². The molecule has 0 saturated carbocycles. The summed E-state index contributed by atoms with van der Waals surface area (Å²) in [4.78, 5) is 23.1. The maximum absolute atomic E-state index is 12.1. The van der Waals surface area contributed by atoms with Gasteiger partial charge in [0.25, 0.3) is 5.91 Å². The number of anilines is 1. The summed E-state index contributed by atoms with van der Waals surface area (Å²) < 4.78 is 5.31. The molecule has 2 aromatic rings. The van der Waals surface area contributed by atoms with Gasteiger partial charge in [0.1, 0.15) is 5.75 Å². The fourth-order valence-electron chi connectivity index (χ4n) is 1.94. The molecule has 7 heteroatoms. The van der Waals surface area contributed by atoms with Crippen LogP contribution < -0.4 is 15.4 Å². The number of ether oxygens (including phenoxy) is 1. The summed E-state index contributed by atoms with van der Waals surface area (Å²) in [6, 6.07) is 12.8. The summed E-state index contributed by atoms with van der Waals surface area (Å²) in [6.45, 7) is 2.43. The SMILES string of the molecule is CCOc1ccc(C(=O)NC(=S)Nc2cccc(C(=O)O)c2)cc1. The second-order valence-corrected chi connectivity index (χ2v) is 5.16. The molecule has 0 aliphatic rings. The monoisotopic (exact) mass is 344 g/mol. The topological polar surface area (TPSA) is 87.7 Å². The van der Waals surface area contributed by atoms with Gasteiger partial charge in [0, 0.05) is 11.3 Å². The first kappa shape index (κ1) is 17.4. The third kappa shape index (κ3) is 4.79. The van der Waals surface area contributed by atoms with Gasteiger partial charge in [0.15, 0.2) is 5.11 Å². The first-order chi connectivity index (χ1) is 11.5. The second kappa shape index (κ2) is 8.07. The largest absolute Gasteiger partial charge is 0.494 e. The number of nitrogens with one attached hydrogen (secondary N) is 2. The van der Waals surface area contributed by atoms with Gasteiger partial charge in [-0.25, -0.2) is 4.79 Å². The summed E-state index contributed by atoms with van der Waals surface area (Å²) >= 11 is 5.07. The van der Waals surface area contributed by atoms with Crippen molar-refractivity contribution in [1.82, 2.24) is 5.32 Å². The van der Waals surface area contributed by atoms with Crippen LogP contribution in [0, 0.1) is 0 Å². The van der Waals surface area contributed by atoms with Crippen molar-refractivity contribution >= 4 is 34.9 Å². The molecule has 0 radical (unpaired) electrons. The lowest BCUT2D eigenvalue weighted by Gasteiger charge is -2.10. The average molecular weight is 344 g/mol. The molecule has 0 aromatic heterocycles. The first-order valence-electron chi connectivity index (χ1n) is 7.18. The van der Waals surface area contributed by atoms with Crippen LogP contribution in [0.4, 0.5) is 5.69 Å². The van der Waals surface area contributed by atoms with E-state index in [1.807, 2.05) is 6.92 Å². The number of hydrogen-bond donors (Lipinski definition) is 3. The molecule has 0 spiro atoms. The lowest BCUT2D eigenvalue weighted by molar-refractivity contribution is 0.0696. The molecular formula is C17H16N2O4S. The standard InChI is InChI=1S/C17H16N2O4S/c1-2-23-14-8-6-11(7-9-14)15(20)19-17(24)18-13-5-3-4-12(10-13)16(21)22/h3-10H,2H2,1H3,(H,21,22)(H2,18,19,20,24). The third-order valence-electron chi connectivity index (χ3n) is 3.02. The molecule has 0 heterocycles. The van der Waals surface area contributed by atoms with E-state index in [9.17, 15) is 9.59 Å². The summed E-state index contributed by atoms with van der Waals surface area (Å²) in [5, 5.41) is 14.4. The van der Waals surface area contributed by atoms with Gasteiger partial charge in [-0.2, -0.15) is 0 Å². The zero-order chi connectivity index (χ0) is 17.5. The number of hydrogen-bond acceptors (Lipinski definition) is 4. The first-order valence-corrected chi connectivity index (χ1v) is 7.59. The molecule has 6 nitrogen and oxygen atoms in total. The minimum atomic E-state index is -1.04. The smallest absolute Gasteiger partial charge is 0.335 e. The van der Waals surface area contributed by atoms with Crippen LogP contribution in [-0.2, 0) is 0 Å². The summed E-state index contributed by atoms with van der Waals surface area (Å²) in [5.41, 5.74) is 1.04. The van der Waals surface area contributed by atoms with E-state index in [1.165, 1.54) is 12.1 Å². The van der Waals surface area contributed by atoms with Crippen LogP contribution in [0.2, 0.25) is 0 Å². The van der Waals surface area contributed by atoms with E-state index in [0.29, 0.717) is 23.6 Å². The van der Waals surface area contributed by atoms with Crippen molar-refractivity contribution in [2.24, 2.45) is 0 Å². The van der Waals surface area contributed by atoms with E-state index in [0.717, 1.165) is 0 Å². The highest BCUT2D eigenvalue weighted by Crippen LogP contribution is 2.13. The summed E-state index contributed by atoms with van der Waals surface area (Å²) in [5.74, 6) is -0.729. The molecule has 2 rings (SSSR count). The van der Waals surface area contributed by atoms with Crippen molar-refractivity contribution in [3.05, 3.63) is 59.7 Å². The number of carbonyl (C=O) groups is 2. The molecule has 0 aliphatic heterocycles. The predicted molar refractivity (Wildman–Crippen MR) is 94.7 cm³/mol. The van der Waals surface area contributed by atoms with Crippen LogP contribution in [-0.4, -0.2) is 28.7 Å². The number of rotatable bonds is 5. The van der Waals surface area contributed by atoms with Crippen LogP contribution in [0.25, 0.3) is 0 Å². The fourth-order valence-corrected chi connectivity index (χ4v) is 2.15. The Morgan fingerprint density at radius 1 is 1.12 bits per heavy atom. The Bertz CT molecular complexity index is 759. The van der Waals surface area contributed by atoms with Crippen molar-refractivity contribution in [2.75, 3.05) is 11.9 Å². The summed E-state index contributed by atoms with van der Waals surface area (Å²) in [7, 11) is 0. The van der Waals surface area contributed by atoms with Gasteiger partial charge in [0.05, 0.1) is 12.2 Å². The molecule has 0 atom stereocenters. The lowest BCUT2D eigenvalue weighted by atomic mass is 10.2. The van der Waals surface area contributed by atoms with Gasteiger partial charge in [0.2, 0.25) is 0 Å². The Balaban J connectivity index is 1.97. The molecular weight excluding hydrogens is 328 g/mol. The minimum absolute atomic E-state index is 0.0800. The Hall–Kier alpha value is -2.93. The molecule has 2 aromatic carbocycles. The van der Waals surface area contributed by atoms with Crippen molar-refractivity contribution < 1.29 is 19.4 Å². The Kier molecular flexibility index (Phi) is 5.86. The Morgan fingerprint density at radius 3 is 2.46 bits per heavy atom. The number of thiocarbonyl (C=S) groups is 1.